The smallest absolute Gasteiger partial charge is 0.276 e. The summed E-state index contributed by atoms with van der Waals surface area (Å²) in [6.07, 6.45) is 0. The van der Waals surface area contributed by atoms with Crippen LogP contribution in [0.1, 0.15) is 24.3 Å². The number of amides is 1. The normalized spacial score (nSPS) is 10.6. The molecule has 0 saturated carbocycles. The van der Waals surface area contributed by atoms with Crippen molar-refractivity contribution in [3.05, 3.63) is 47.7 Å². The van der Waals surface area contributed by atoms with E-state index in [0.717, 1.165) is 18.7 Å². The number of rotatable bonds is 5. The Kier molecular flexibility index (Phi) is 4.98. The fourth-order valence-electron chi connectivity index (χ4n) is 1.65. The first-order chi connectivity index (χ1) is 10.5. The molecule has 0 fully saturated rings. The van der Waals surface area contributed by atoms with Gasteiger partial charge in [0.25, 0.3) is 5.91 Å². The number of hydrogen-bond donors (Lipinski definition) is 2. The van der Waals surface area contributed by atoms with Crippen molar-refractivity contribution in [3.8, 4) is 0 Å². The summed E-state index contributed by atoms with van der Waals surface area (Å²) in [5, 5.41) is 12.8. The first kappa shape index (κ1) is 15.8. The Labute approximate surface area is 126 Å². The van der Waals surface area contributed by atoms with Gasteiger partial charge >= 0.3 is 0 Å². The van der Waals surface area contributed by atoms with Crippen molar-refractivity contribution < 1.29 is 13.6 Å². The largest absolute Gasteiger partial charge is 0.368 e. The van der Waals surface area contributed by atoms with E-state index in [1.807, 2.05) is 13.8 Å². The summed E-state index contributed by atoms with van der Waals surface area (Å²) in [5.74, 6) is -1.46. The van der Waals surface area contributed by atoms with Gasteiger partial charge in [-0.3, -0.25) is 4.79 Å². The first-order valence-corrected chi connectivity index (χ1v) is 6.80. The number of aromatic nitrogens is 2. The predicted octanol–water partition coefficient (Wildman–Crippen LogP) is 3.08. The van der Waals surface area contributed by atoms with E-state index in [-0.39, 0.29) is 5.69 Å². The molecule has 0 aliphatic heterocycles. The molecule has 1 amide bonds. The van der Waals surface area contributed by atoms with Crippen LogP contribution in [0.25, 0.3) is 0 Å². The number of nitrogens with one attached hydrogen (secondary N) is 2. The highest BCUT2D eigenvalue weighted by Gasteiger charge is 2.14. The van der Waals surface area contributed by atoms with Crippen molar-refractivity contribution in [1.82, 2.24) is 10.2 Å². The summed E-state index contributed by atoms with van der Waals surface area (Å²) in [6, 6.07) is 6.35. The minimum Gasteiger partial charge on any atom is -0.368 e. The highest BCUT2D eigenvalue weighted by Crippen LogP contribution is 2.18. The van der Waals surface area contributed by atoms with Crippen molar-refractivity contribution in [2.45, 2.75) is 13.8 Å². The van der Waals surface area contributed by atoms with Gasteiger partial charge in [0.05, 0.1) is 0 Å². The second kappa shape index (κ2) is 6.93. The summed E-state index contributed by atoms with van der Waals surface area (Å²) in [7, 11) is 0. The molecule has 2 N–H and O–H groups in total. The van der Waals surface area contributed by atoms with Crippen LogP contribution in [0.4, 0.5) is 20.3 Å². The standard InChI is InChI=1S/C15H16F2N4O/c1-9(2)8-18-13-7-6-12(20-21-13)15(22)19-14-10(16)4-3-5-11(14)17/h3-7,9H,8H2,1-2H3,(H,18,21)(H,19,22). The number of carbonyl (C=O) groups excluding carboxylic acids is 1. The molecule has 1 heterocycles. The maximum atomic E-state index is 13.5. The van der Waals surface area contributed by atoms with Crippen LogP contribution >= 0.6 is 0 Å². The minimum absolute atomic E-state index is 0.0299. The summed E-state index contributed by atoms with van der Waals surface area (Å²) in [6.45, 7) is 4.82. The molecule has 2 aromatic rings. The number of carbonyl (C=O) groups is 1. The Morgan fingerprint density at radius 1 is 1.14 bits per heavy atom. The van der Waals surface area contributed by atoms with Crippen molar-refractivity contribution >= 4 is 17.4 Å². The third kappa shape index (κ3) is 3.97. The quantitative estimate of drug-likeness (QED) is 0.891. The lowest BCUT2D eigenvalue weighted by Crippen LogP contribution is -2.17. The van der Waals surface area contributed by atoms with Crippen molar-refractivity contribution in [2.75, 3.05) is 17.2 Å². The lowest BCUT2D eigenvalue weighted by Gasteiger charge is -2.09. The topological polar surface area (TPSA) is 66.9 Å². The molecular weight excluding hydrogens is 290 g/mol. The molecule has 22 heavy (non-hydrogen) atoms. The molecule has 0 radical (unpaired) electrons. The van der Waals surface area contributed by atoms with E-state index in [1.54, 1.807) is 6.07 Å². The number of halogens is 2. The highest BCUT2D eigenvalue weighted by molar-refractivity contribution is 6.02. The third-order valence-corrected chi connectivity index (χ3v) is 2.79. The van der Waals surface area contributed by atoms with Gasteiger partial charge in [0, 0.05) is 6.54 Å². The van der Waals surface area contributed by atoms with Gasteiger partial charge in [-0.15, -0.1) is 10.2 Å². The van der Waals surface area contributed by atoms with Crippen LogP contribution in [0.3, 0.4) is 0 Å². The third-order valence-electron chi connectivity index (χ3n) is 2.79. The van der Waals surface area contributed by atoms with Gasteiger partial charge in [0.1, 0.15) is 23.1 Å². The van der Waals surface area contributed by atoms with E-state index in [9.17, 15) is 13.6 Å². The van der Waals surface area contributed by atoms with Crippen molar-refractivity contribution in [3.63, 3.8) is 0 Å². The molecule has 0 bridgehead atoms. The molecule has 0 atom stereocenters. The van der Waals surface area contributed by atoms with E-state index in [4.69, 9.17) is 0 Å². The Balaban J connectivity index is 2.07. The van der Waals surface area contributed by atoms with Crippen molar-refractivity contribution in [1.29, 1.82) is 0 Å². The molecule has 0 spiro atoms. The SMILES string of the molecule is CC(C)CNc1ccc(C(=O)Nc2c(F)cccc2F)nn1. The van der Waals surface area contributed by atoms with E-state index in [0.29, 0.717) is 11.7 Å². The Morgan fingerprint density at radius 3 is 2.36 bits per heavy atom. The zero-order valence-corrected chi connectivity index (χ0v) is 12.2. The van der Waals surface area contributed by atoms with Crippen LogP contribution < -0.4 is 10.6 Å². The van der Waals surface area contributed by atoms with E-state index in [1.165, 1.54) is 12.1 Å². The summed E-state index contributed by atoms with van der Waals surface area (Å²) >= 11 is 0. The van der Waals surface area contributed by atoms with Gasteiger partial charge in [0.2, 0.25) is 0 Å². The van der Waals surface area contributed by atoms with Crippen LogP contribution in [-0.4, -0.2) is 22.6 Å². The van der Waals surface area contributed by atoms with Gasteiger partial charge in [-0.2, -0.15) is 0 Å². The average Bonchev–Trinajstić information content (AvgIpc) is 2.49. The zero-order chi connectivity index (χ0) is 16.1. The fourth-order valence-corrected chi connectivity index (χ4v) is 1.65. The lowest BCUT2D eigenvalue weighted by molar-refractivity contribution is 0.102. The number of anilines is 2. The Morgan fingerprint density at radius 2 is 1.82 bits per heavy atom. The first-order valence-electron chi connectivity index (χ1n) is 6.80. The summed E-state index contributed by atoms with van der Waals surface area (Å²) in [5.41, 5.74) is -0.533. The van der Waals surface area contributed by atoms with Crippen LogP contribution in [0.5, 0.6) is 0 Å². The lowest BCUT2D eigenvalue weighted by atomic mass is 10.2. The van der Waals surface area contributed by atoms with Gasteiger partial charge in [0.15, 0.2) is 5.69 Å². The van der Waals surface area contributed by atoms with Gasteiger partial charge in [-0.05, 0) is 30.2 Å². The number of para-hydroxylation sites is 1. The van der Waals surface area contributed by atoms with Crippen LogP contribution in [0.2, 0.25) is 0 Å². The van der Waals surface area contributed by atoms with E-state index >= 15 is 0 Å². The summed E-state index contributed by atoms with van der Waals surface area (Å²) < 4.78 is 26.9. The maximum absolute atomic E-state index is 13.5. The molecule has 116 valence electrons. The predicted molar refractivity (Wildman–Crippen MR) is 79.7 cm³/mol. The van der Waals surface area contributed by atoms with E-state index < -0.39 is 23.2 Å². The molecule has 5 nitrogen and oxygen atoms in total. The van der Waals surface area contributed by atoms with E-state index in [2.05, 4.69) is 20.8 Å². The molecular formula is C15H16F2N4O. The number of benzene rings is 1. The van der Waals surface area contributed by atoms with Gasteiger partial charge in [-0.25, -0.2) is 8.78 Å². The maximum Gasteiger partial charge on any atom is 0.276 e. The Hall–Kier alpha value is -2.57. The molecule has 1 aromatic heterocycles. The minimum atomic E-state index is -0.850. The Bertz CT molecular complexity index is 639. The highest BCUT2D eigenvalue weighted by atomic mass is 19.1. The number of hydrogen-bond acceptors (Lipinski definition) is 4. The van der Waals surface area contributed by atoms with Crippen LogP contribution in [-0.2, 0) is 0 Å². The van der Waals surface area contributed by atoms with Gasteiger partial charge < -0.3 is 10.6 Å². The molecule has 7 heteroatoms. The monoisotopic (exact) mass is 306 g/mol. The second-order valence-corrected chi connectivity index (χ2v) is 5.13. The van der Waals surface area contributed by atoms with Gasteiger partial charge in [-0.1, -0.05) is 19.9 Å². The fraction of sp³-hybridized carbons (Fsp3) is 0.267. The summed E-state index contributed by atoms with van der Waals surface area (Å²) in [4.78, 5) is 11.9. The average molecular weight is 306 g/mol. The van der Waals surface area contributed by atoms with Crippen molar-refractivity contribution in [2.24, 2.45) is 5.92 Å². The van der Waals surface area contributed by atoms with Crippen LogP contribution in [0, 0.1) is 17.6 Å². The molecule has 0 saturated heterocycles. The molecule has 2 rings (SSSR count). The molecule has 0 unspecified atom stereocenters. The molecule has 0 aliphatic carbocycles. The second-order valence-electron chi connectivity index (χ2n) is 5.13. The molecule has 0 aliphatic rings. The molecule has 1 aromatic carbocycles. The number of nitrogens with zero attached hydrogens (tertiary/aromatic N) is 2. The van der Waals surface area contributed by atoms with Crippen LogP contribution in [0.15, 0.2) is 30.3 Å². The zero-order valence-electron chi connectivity index (χ0n) is 12.2.